The zero-order valence-electron chi connectivity index (χ0n) is 12.6. The first kappa shape index (κ1) is 12.4. The molecule has 0 saturated heterocycles. The Hall–Kier alpha value is -0.330. The molecule has 0 aliphatic heterocycles. The summed E-state index contributed by atoms with van der Waals surface area (Å²) in [6, 6.07) is 0. The minimum absolute atomic E-state index is 0.447. The summed E-state index contributed by atoms with van der Waals surface area (Å²) in [5.74, 6) is 3.81. The fraction of sp³-hybridized carbons (Fsp3) is 0.944. The van der Waals surface area contributed by atoms with Gasteiger partial charge in [-0.15, -0.1) is 0 Å². The number of rotatable bonds is 0. The van der Waals surface area contributed by atoms with Gasteiger partial charge < -0.3 is 0 Å². The summed E-state index contributed by atoms with van der Waals surface area (Å²) < 4.78 is 0. The van der Waals surface area contributed by atoms with Crippen LogP contribution in [0.2, 0.25) is 0 Å². The molecular weight excluding hydrogens is 232 g/mol. The number of carbonyl (C=O) groups excluding carboxylic acids is 1. The van der Waals surface area contributed by atoms with Crippen LogP contribution in [0.15, 0.2) is 0 Å². The van der Waals surface area contributed by atoms with E-state index in [9.17, 15) is 4.79 Å². The van der Waals surface area contributed by atoms with Crippen molar-refractivity contribution in [3.8, 4) is 0 Å². The summed E-state index contributed by atoms with van der Waals surface area (Å²) in [4.78, 5) is 12.2. The van der Waals surface area contributed by atoms with E-state index in [0.717, 1.165) is 24.2 Å². The lowest BCUT2D eigenvalue weighted by Gasteiger charge is -2.61. The maximum atomic E-state index is 12.2. The SMILES string of the molecule is C[C@H]1CCC[C@]2(C)[C@@H]1CCC13CC(=O)C(CC[C@H]12)C3. The molecule has 0 amide bonds. The number of Topliss-reactive ketones (excluding diaryl/α,β-unsaturated/α-hetero) is 1. The maximum absolute atomic E-state index is 12.2. The summed E-state index contributed by atoms with van der Waals surface area (Å²) in [6.45, 7) is 5.09. The third kappa shape index (κ3) is 1.51. The van der Waals surface area contributed by atoms with E-state index in [2.05, 4.69) is 13.8 Å². The molecule has 6 atom stereocenters. The predicted octanol–water partition coefficient (Wildman–Crippen LogP) is 4.60. The van der Waals surface area contributed by atoms with Crippen molar-refractivity contribution in [2.24, 2.45) is 34.5 Å². The van der Waals surface area contributed by atoms with E-state index in [1.807, 2.05) is 0 Å². The second-order valence-corrected chi connectivity index (χ2v) is 8.56. The molecule has 1 heteroatoms. The third-order valence-electron chi connectivity index (χ3n) is 7.84. The Labute approximate surface area is 117 Å². The van der Waals surface area contributed by atoms with Gasteiger partial charge in [0.05, 0.1) is 0 Å². The van der Waals surface area contributed by atoms with Crippen molar-refractivity contribution in [3.63, 3.8) is 0 Å². The molecule has 4 rings (SSSR count). The van der Waals surface area contributed by atoms with Gasteiger partial charge in [0.15, 0.2) is 0 Å². The van der Waals surface area contributed by atoms with Crippen LogP contribution in [0, 0.1) is 34.5 Å². The minimum Gasteiger partial charge on any atom is -0.299 e. The van der Waals surface area contributed by atoms with Crippen molar-refractivity contribution in [1.29, 1.82) is 0 Å². The van der Waals surface area contributed by atoms with Gasteiger partial charge in [0.2, 0.25) is 0 Å². The summed E-state index contributed by atoms with van der Waals surface area (Å²) in [5.41, 5.74) is 1.01. The molecule has 0 aromatic heterocycles. The summed E-state index contributed by atoms with van der Waals surface area (Å²) in [6.07, 6.45) is 11.9. The predicted molar refractivity (Wildman–Crippen MR) is 76.7 cm³/mol. The van der Waals surface area contributed by atoms with Gasteiger partial charge in [0, 0.05) is 12.3 Å². The monoisotopic (exact) mass is 260 g/mol. The molecule has 0 N–H and O–H groups in total. The first-order valence-corrected chi connectivity index (χ1v) is 8.58. The largest absolute Gasteiger partial charge is 0.299 e. The van der Waals surface area contributed by atoms with Crippen LogP contribution < -0.4 is 0 Å². The highest BCUT2D eigenvalue weighted by Gasteiger charge is 2.62. The zero-order valence-corrected chi connectivity index (χ0v) is 12.6. The highest BCUT2D eigenvalue weighted by molar-refractivity contribution is 5.84. The smallest absolute Gasteiger partial charge is 0.136 e. The topological polar surface area (TPSA) is 17.1 Å². The van der Waals surface area contributed by atoms with Crippen LogP contribution in [0.25, 0.3) is 0 Å². The molecule has 2 unspecified atom stereocenters. The first-order valence-electron chi connectivity index (χ1n) is 8.58. The average molecular weight is 260 g/mol. The third-order valence-corrected chi connectivity index (χ3v) is 7.84. The number of fused-ring (bicyclic) bond motifs is 3. The molecule has 1 spiro atoms. The second kappa shape index (κ2) is 3.86. The molecule has 0 radical (unpaired) electrons. The Morgan fingerprint density at radius 2 is 1.95 bits per heavy atom. The molecule has 19 heavy (non-hydrogen) atoms. The quantitative estimate of drug-likeness (QED) is 0.622. The Kier molecular flexibility index (Phi) is 2.52. The van der Waals surface area contributed by atoms with Gasteiger partial charge in [-0.3, -0.25) is 4.79 Å². The van der Waals surface area contributed by atoms with E-state index in [4.69, 9.17) is 0 Å². The van der Waals surface area contributed by atoms with Crippen molar-refractivity contribution < 1.29 is 4.79 Å². The van der Waals surface area contributed by atoms with Crippen LogP contribution >= 0.6 is 0 Å². The molecule has 4 fully saturated rings. The molecule has 0 aromatic rings. The fourth-order valence-electron chi connectivity index (χ4n) is 7.10. The van der Waals surface area contributed by atoms with Crippen LogP contribution in [0.4, 0.5) is 0 Å². The van der Waals surface area contributed by atoms with Crippen molar-refractivity contribution in [1.82, 2.24) is 0 Å². The maximum Gasteiger partial charge on any atom is 0.136 e. The van der Waals surface area contributed by atoms with Crippen molar-refractivity contribution in [2.45, 2.75) is 71.6 Å². The zero-order chi connectivity index (χ0) is 13.3. The minimum atomic E-state index is 0.447. The van der Waals surface area contributed by atoms with E-state index in [0.29, 0.717) is 22.5 Å². The molecular formula is C18H28O. The highest BCUT2D eigenvalue weighted by atomic mass is 16.1. The Morgan fingerprint density at radius 1 is 1.11 bits per heavy atom. The van der Waals surface area contributed by atoms with Crippen LogP contribution in [-0.4, -0.2) is 5.78 Å². The number of hydrogen-bond donors (Lipinski definition) is 0. The molecule has 0 heterocycles. The Bertz CT molecular complexity index is 414. The lowest BCUT2D eigenvalue weighted by Crippen LogP contribution is -2.53. The van der Waals surface area contributed by atoms with E-state index < -0.39 is 0 Å². The average Bonchev–Trinajstić information content (AvgIpc) is 2.59. The lowest BCUT2D eigenvalue weighted by atomic mass is 9.44. The summed E-state index contributed by atoms with van der Waals surface area (Å²) >= 11 is 0. The standard InChI is InChI=1S/C18H28O/c1-12-4-3-8-17(2)14(12)7-9-18-10-13(15(19)11-18)5-6-16(17)18/h12-14,16H,3-11H2,1-2H3/t12-,13?,14+,16-,17+,18?/m0/s1. The molecule has 2 bridgehead atoms. The van der Waals surface area contributed by atoms with Gasteiger partial charge in [-0.2, -0.15) is 0 Å². The van der Waals surface area contributed by atoms with Gasteiger partial charge >= 0.3 is 0 Å². The fourth-order valence-corrected chi connectivity index (χ4v) is 7.10. The Morgan fingerprint density at radius 3 is 2.79 bits per heavy atom. The van der Waals surface area contributed by atoms with Crippen molar-refractivity contribution in [3.05, 3.63) is 0 Å². The molecule has 4 aliphatic carbocycles. The number of ketones is 1. The summed E-state index contributed by atoms with van der Waals surface area (Å²) in [5, 5.41) is 0. The van der Waals surface area contributed by atoms with Gasteiger partial charge in [-0.25, -0.2) is 0 Å². The van der Waals surface area contributed by atoms with Crippen LogP contribution in [0.5, 0.6) is 0 Å². The first-order chi connectivity index (χ1) is 9.05. The van der Waals surface area contributed by atoms with Gasteiger partial charge in [-0.05, 0) is 67.1 Å². The number of hydrogen-bond acceptors (Lipinski definition) is 1. The van der Waals surface area contributed by atoms with E-state index in [1.54, 1.807) is 0 Å². The molecule has 106 valence electrons. The molecule has 4 saturated carbocycles. The molecule has 1 nitrogen and oxygen atoms in total. The van der Waals surface area contributed by atoms with Crippen molar-refractivity contribution in [2.75, 3.05) is 0 Å². The summed E-state index contributed by atoms with van der Waals surface area (Å²) in [7, 11) is 0. The highest BCUT2D eigenvalue weighted by Crippen LogP contribution is 2.68. The van der Waals surface area contributed by atoms with Gasteiger partial charge in [0.25, 0.3) is 0 Å². The Balaban J connectivity index is 1.73. The van der Waals surface area contributed by atoms with Crippen LogP contribution in [0.1, 0.15) is 71.6 Å². The van der Waals surface area contributed by atoms with Crippen LogP contribution in [0.3, 0.4) is 0 Å². The molecule has 0 aromatic carbocycles. The van der Waals surface area contributed by atoms with Gasteiger partial charge in [0.1, 0.15) is 5.78 Å². The second-order valence-electron chi connectivity index (χ2n) is 8.56. The van der Waals surface area contributed by atoms with E-state index in [1.165, 1.54) is 51.4 Å². The normalized spacial score (nSPS) is 56.6. The van der Waals surface area contributed by atoms with E-state index in [-0.39, 0.29) is 0 Å². The van der Waals surface area contributed by atoms with E-state index >= 15 is 0 Å². The number of carbonyl (C=O) groups is 1. The van der Waals surface area contributed by atoms with Crippen LogP contribution in [-0.2, 0) is 4.79 Å². The van der Waals surface area contributed by atoms with Gasteiger partial charge in [-0.1, -0.05) is 26.7 Å². The van der Waals surface area contributed by atoms with Crippen molar-refractivity contribution >= 4 is 5.78 Å². The molecule has 4 aliphatic rings. The lowest BCUT2D eigenvalue weighted by molar-refractivity contribution is -0.123.